The number of hydrogen-bond donors (Lipinski definition) is 1. The van der Waals surface area contributed by atoms with Gasteiger partial charge >= 0.3 is 0 Å². The molecule has 1 aromatic rings. The van der Waals surface area contributed by atoms with Crippen LogP contribution >= 0.6 is 0 Å². The van der Waals surface area contributed by atoms with Crippen LogP contribution in [0.1, 0.15) is 64.7 Å². The largest absolute Gasteiger partial charge is 0.384 e. The molecular formula is C24H34F2N2O2. The maximum atomic E-state index is 13.4. The zero-order chi connectivity index (χ0) is 21.1. The highest BCUT2D eigenvalue weighted by Crippen LogP contribution is 2.64. The molecule has 6 heteroatoms. The molecule has 30 heavy (non-hydrogen) atoms. The third-order valence-corrected chi connectivity index (χ3v) is 9.72. The number of ketones is 1. The summed E-state index contributed by atoms with van der Waals surface area (Å²) in [6, 6.07) is 1.86. The van der Waals surface area contributed by atoms with E-state index in [-0.39, 0.29) is 30.1 Å². The number of fused-ring (bicyclic) bond motifs is 5. The standard InChI is InChI=1S/C24H34F2N2O2/c1-23-9-7-17-16-8-10-24(30,22(25)26)13-15(16)3-4-18(17)19(23)5-6-20(23)21(29)14-28-12-2-11-27-28/h2,11-12,15-20,22,30H,3-10,13-14H2,1H3/t15-,16?,17+,18+,19-,20+,23-,24+/m0/s1. The van der Waals surface area contributed by atoms with Gasteiger partial charge in [0.05, 0.1) is 6.54 Å². The van der Waals surface area contributed by atoms with Gasteiger partial charge in [0.15, 0.2) is 5.78 Å². The van der Waals surface area contributed by atoms with Gasteiger partial charge in [0.25, 0.3) is 6.43 Å². The summed E-state index contributed by atoms with van der Waals surface area (Å²) < 4.78 is 28.5. The Morgan fingerprint density at radius 3 is 2.67 bits per heavy atom. The van der Waals surface area contributed by atoms with E-state index in [0.29, 0.717) is 36.0 Å². The van der Waals surface area contributed by atoms with E-state index in [1.54, 1.807) is 10.9 Å². The summed E-state index contributed by atoms with van der Waals surface area (Å²) in [6.07, 6.45) is 8.48. The predicted octanol–water partition coefficient (Wildman–Crippen LogP) is 4.72. The van der Waals surface area contributed by atoms with Crippen LogP contribution in [-0.4, -0.2) is 32.7 Å². The van der Waals surface area contributed by atoms with Crippen LogP contribution in [0.2, 0.25) is 0 Å². The normalized spacial score (nSPS) is 45.6. The van der Waals surface area contributed by atoms with Gasteiger partial charge in [0.1, 0.15) is 5.60 Å². The fourth-order valence-electron chi connectivity index (χ4n) is 8.30. The summed E-state index contributed by atoms with van der Waals surface area (Å²) >= 11 is 0. The summed E-state index contributed by atoms with van der Waals surface area (Å²) in [5, 5.41) is 14.6. The SMILES string of the molecule is C[C@]12CC[C@@H]3C4CC[C@](O)(C(F)F)C[C@@H]4CC[C@H]3[C@@H]1CC[C@@H]2C(=O)Cn1cccn1. The van der Waals surface area contributed by atoms with E-state index in [0.717, 1.165) is 44.9 Å². The summed E-state index contributed by atoms with van der Waals surface area (Å²) in [6.45, 7) is 2.71. The minimum Gasteiger partial charge on any atom is -0.384 e. The third-order valence-electron chi connectivity index (χ3n) is 9.72. The van der Waals surface area contributed by atoms with Crippen LogP contribution in [0, 0.1) is 40.9 Å². The lowest BCUT2D eigenvalue weighted by atomic mass is 9.49. The van der Waals surface area contributed by atoms with Gasteiger partial charge in [-0.2, -0.15) is 5.10 Å². The van der Waals surface area contributed by atoms with Crippen molar-refractivity contribution in [1.82, 2.24) is 9.78 Å². The second-order valence-electron chi connectivity index (χ2n) is 10.9. The molecule has 0 radical (unpaired) electrons. The average molecular weight is 421 g/mol. The molecule has 5 rings (SSSR count). The Balaban J connectivity index is 1.30. The lowest BCUT2D eigenvalue weighted by Gasteiger charge is -2.57. The molecule has 4 nitrogen and oxygen atoms in total. The highest BCUT2D eigenvalue weighted by Gasteiger charge is 2.59. The van der Waals surface area contributed by atoms with Gasteiger partial charge in [-0.15, -0.1) is 0 Å². The Hall–Kier alpha value is -1.30. The van der Waals surface area contributed by atoms with Gasteiger partial charge in [-0.1, -0.05) is 6.92 Å². The molecule has 0 aromatic carbocycles. The number of rotatable bonds is 4. The first kappa shape index (κ1) is 20.6. The van der Waals surface area contributed by atoms with Crippen LogP contribution in [0.15, 0.2) is 18.5 Å². The molecule has 0 aliphatic heterocycles. The molecule has 4 aliphatic carbocycles. The molecule has 1 unspecified atom stereocenters. The Labute approximate surface area is 177 Å². The lowest BCUT2D eigenvalue weighted by molar-refractivity contribution is -0.160. The quantitative estimate of drug-likeness (QED) is 0.767. The number of aromatic nitrogens is 2. The molecule has 4 fully saturated rings. The first-order valence-corrected chi connectivity index (χ1v) is 11.8. The molecule has 0 amide bonds. The molecule has 1 N–H and O–H groups in total. The minimum atomic E-state index is -2.64. The van der Waals surface area contributed by atoms with E-state index in [4.69, 9.17) is 0 Å². The van der Waals surface area contributed by atoms with E-state index in [2.05, 4.69) is 12.0 Å². The molecule has 1 heterocycles. The summed E-state index contributed by atoms with van der Waals surface area (Å²) in [5.74, 6) is 2.92. The van der Waals surface area contributed by atoms with Crippen molar-refractivity contribution in [2.24, 2.45) is 40.9 Å². The average Bonchev–Trinajstić information content (AvgIpc) is 3.34. The summed E-state index contributed by atoms with van der Waals surface area (Å²) in [7, 11) is 0. The fraction of sp³-hybridized carbons (Fsp3) is 0.833. The number of Topliss-reactive ketones (excluding diaryl/α,β-unsaturated/α-hetero) is 1. The maximum absolute atomic E-state index is 13.4. The second kappa shape index (κ2) is 7.39. The van der Waals surface area contributed by atoms with Gasteiger partial charge in [0, 0.05) is 18.3 Å². The van der Waals surface area contributed by atoms with E-state index in [1.807, 2.05) is 12.3 Å². The number of alkyl halides is 2. The van der Waals surface area contributed by atoms with Gasteiger partial charge in [-0.05, 0) is 98.9 Å². The van der Waals surface area contributed by atoms with Crippen LogP contribution in [-0.2, 0) is 11.3 Å². The van der Waals surface area contributed by atoms with Crippen LogP contribution in [0.4, 0.5) is 8.78 Å². The Morgan fingerprint density at radius 2 is 1.93 bits per heavy atom. The van der Waals surface area contributed by atoms with Crippen molar-refractivity contribution in [1.29, 1.82) is 0 Å². The van der Waals surface area contributed by atoms with E-state index in [9.17, 15) is 18.7 Å². The molecule has 166 valence electrons. The first-order valence-electron chi connectivity index (χ1n) is 11.8. The van der Waals surface area contributed by atoms with Crippen LogP contribution in [0.25, 0.3) is 0 Å². The zero-order valence-corrected chi connectivity index (χ0v) is 17.9. The minimum absolute atomic E-state index is 0.0661. The van der Waals surface area contributed by atoms with Crippen molar-refractivity contribution < 1.29 is 18.7 Å². The topological polar surface area (TPSA) is 55.1 Å². The Bertz CT molecular complexity index is 784. The number of hydrogen-bond acceptors (Lipinski definition) is 3. The number of nitrogens with zero attached hydrogens (tertiary/aromatic N) is 2. The third kappa shape index (κ3) is 3.16. The van der Waals surface area contributed by atoms with Crippen molar-refractivity contribution in [2.45, 2.75) is 83.3 Å². The second-order valence-corrected chi connectivity index (χ2v) is 10.9. The maximum Gasteiger partial charge on any atom is 0.266 e. The number of halogens is 2. The molecule has 0 saturated heterocycles. The number of carbonyl (C=O) groups excluding carboxylic acids is 1. The van der Waals surface area contributed by atoms with Crippen LogP contribution in [0.3, 0.4) is 0 Å². The van der Waals surface area contributed by atoms with Crippen LogP contribution < -0.4 is 0 Å². The fourth-order valence-corrected chi connectivity index (χ4v) is 8.30. The zero-order valence-electron chi connectivity index (χ0n) is 17.9. The molecule has 4 saturated carbocycles. The number of carbonyl (C=O) groups is 1. The molecular weight excluding hydrogens is 386 g/mol. The first-order chi connectivity index (χ1) is 14.3. The summed E-state index contributed by atoms with van der Waals surface area (Å²) in [4.78, 5) is 13.1. The Morgan fingerprint density at radius 1 is 1.13 bits per heavy atom. The molecule has 0 spiro atoms. The van der Waals surface area contributed by atoms with Crippen molar-refractivity contribution in [2.75, 3.05) is 0 Å². The number of aliphatic hydroxyl groups is 1. The monoisotopic (exact) mass is 420 g/mol. The molecule has 4 aliphatic rings. The molecule has 1 aromatic heterocycles. The van der Waals surface area contributed by atoms with Crippen molar-refractivity contribution in [3.63, 3.8) is 0 Å². The predicted molar refractivity (Wildman–Crippen MR) is 109 cm³/mol. The molecule has 0 bridgehead atoms. The van der Waals surface area contributed by atoms with E-state index < -0.39 is 12.0 Å². The van der Waals surface area contributed by atoms with E-state index in [1.165, 1.54) is 0 Å². The van der Waals surface area contributed by atoms with Crippen molar-refractivity contribution in [3.8, 4) is 0 Å². The highest BCUT2D eigenvalue weighted by molar-refractivity contribution is 5.82. The Kier molecular flexibility index (Phi) is 5.07. The van der Waals surface area contributed by atoms with Gasteiger partial charge in [0.2, 0.25) is 0 Å². The van der Waals surface area contributed by atoms with Crippen LogP contribution in [0.5, 0.6) is 0 Å². The van der Waals surface area contributed by atoms with Gasteiger partial charge in [-0.25, -0.2) is 8.78 Å². The smallest absolute Gasteiger partial charge is 0.266 e. The highest BCUT2D eigenvalue weighted by atomic mass is 19.3. The van der Waals surface area contributed by atoms with E-state index >= 15 is 0 Å². The molecule has 8 atom stereocenters. The van der Waals surface area contributed by atoms with Gasteiger partial charge in [-0.3, -0.25) is 9.48 Å². The lowest BCUT2D eigenvalue weighted by Crippen LogP contribution is -2.53. The van der Waals surface area contributed by atoms with Crippen molar-refractivity contribution in [3.05, 3.63) is 18.5 Å². The van der Waals surface area contributed by atoms with Crippen molar-refractivity contribution >= 4 is 5.78 Å². The summed E-state index contributed by atoms with van der Waals surface area (Å²) in [5.41, 5.74) is -1.70. The van der Waals surface area contributed by atoms with Gasteiger partial charge < -0.3 is 5.11 Å².